The Kier molecular flexibility index (Phi) is 4.87. The molecule has 4 rings (SSSR count). The van der Waals surface area contributed by atoms with Gasteiger partial charge in [0.25, 0.3) is 0 Å². The Bertz CT molecular complexity index is 844. The standard InChI is InChI=1S/C21H28N4O3/c1-20(2,3)9-17(26)25-7-6-21(13-25)14-27-12-15-10-22-19(24-18(15)21)23-11-16-5-4-8-28-16/h4-5,8,10H,6-7,9,11-14H2,1-3H3,(H,22,23,24). The maximum absolute atomic E-state index is 12.7. The molecule has 1 unspecified atom stereocenters. The average molecular weight is 384 g/mol. The Morgan fingerprint density at radius 3 is 3.00 bits per heavy atom. The number of anilines is 1. The van der Waals surface area contributed by atoms with Gasteiger partial charge in [-0.3, -0.25) is 4.79 Å². The van der Waals surface area contributed by atoms with Crippen LogP contribution in [0.5, 0.6) is 0 Å². The molecule has 0 saturated carbocycles. The van der Waals surface area contributed by atoms with Crippen LogP contribution in [0.15, 0.2) is 29.0 Å². The quantitative estimate of drug-likeness (QED) is 0.872. The molecule has 7 nitrogen and oxygen atoms in total. The molecule has 2 aromatic rings. The molecule has 1 N–H and O–H groups in total. The number of carbonyl (C=O) groups is 1. The van der Waals surface area contributed by atoms with Gasteiger partial charge in [0.05, 0.1) is 37.1 Å². The van der Waals surface area contributed by atoms with Gasteiger partial charge in [-0.25, -0.2) is 9.97 Å². The van der Waals surface area contributed by atoms with Crippen molar-refractivity contribution in [1.29, 1.82) is 0 Å². The summed E-state index contributed by atoms with van der Waals surface area (Å²) in [6.45, 7) is 9.34. The van der Waals surface area contributed by atoms with Crippen LogP contribution in [-0.2, 0) is 28.1 Å². The van der Waals surface area contributed by atoms with E-state index >= 15 is 0 Å². The van der Waals surface area contributed by atoms with E-state index in [1.54, 1.807) is 6.26 Å². The SMILES string of the molecule is CC(C)(C)CC(=O)N1CCC2(COCc3cnc(NCc4ccco4)nc32)C1. The summed E-state index contributed by atoms with van der Waals surface area (Å²) in [6.07, 6.45) is 4.91. The fourth-order valence-electron chi connectivity index (χ4n) is 4.02. The zero-order chi connectivity index (χ0) is 19.8. The number of hydrogen-bond acceptors (Lipinski definition) is 6. The Morgan fingerprint density at radius 2 is 2.25 bits per heavy atom. The Balaban J connectivity index is 1.52. The largest absolute Gasteiger partial charge is 0.467 e. The van der Waals surface area contributed by atoms with Crippen molar-refractivity contribution in [3.05, 3.63) is 41.6 Å². The number of fused-ring (bicyclic) bond motifs is 2. The smallest absolute Gasteiger partial charge is 0.223 e. The summed E-state index contributed by atoms with van der Waals surface area (Å²) in [5.41, 5.74) is 1.77. The van der Waals surface area contributed by atoms with Crippen LogP contribution in [0.3, 0.4) is 0 Å². The molecule has 1 saturated heterocycles. The Hall–Kier alpha value is -2.41. The number of amides is 1. The number of likely N-dealkylation sites (tertiary alicyclic amines) is 1. The highest BCUT2D eigenvalue weighted by Crippen LogP contribution is 2.40. The number of ether oxygens (including phenoxy) is 1. The minimum atomic E-state index is -0.245. The molecule has 1 spiro atoms. The molecule has 0 aromatic carbocycles. The summed E-state index contributed by atoms with van der Waals surface area (Å²) in [5, 5.41) is 3.23. The molecule has 2 aliphatic heterocycles. The highest BCUT2D eigenvalue weighted by Gasteiger charge is 2.46. The predicted octanol–water partition coefficient (Wildman–Crippen LogP) is 3.12. The topological polar surface area (TPSA) is 80.5 Å². The summed E-state index contributed by atoms with van der Waals surface area (Å²) >= 11 is 0. The molecule has 2 aromatic heterocycles. The first-order valence-corrected chi connectivity index (χ1v) is 9.83. The van der Waals surface area contributed by atoms with Crippen molar-refractivity contribution < 1.29 is 13.9 Å². The van der Waals surface area contributed by atoms with Gasteiger partial charge in [-0.1, -0.05) is 20.8 Å². The zero-order valence-corrected chi connectivity index (χ0v) is 16.8. The predicted molar refractivity (Wildman–Crippen MR) is 105 cm³/mol. The zero-order valence-electron chi connectivity index (χ0n) is 16.8. The number of furan rings is 1. The number of aromatic nitrogens is 2. The summed E-state index contributed by atoms with van der Waals surface area (Å²) in [7, 11) is 0. The summed E-state index contributed by atoms with van der Waals surface area (Å²) < 4.78 is 11.2. The number of hydrogen-bond donors (Lipinski definition) is 1. The van der Waals surface area contributed by atoms with E-state index in [0.717, 1.165) is 30.0 Å². The van der Waals surface area contributed by atoms with Crippen molar-refractivity contribution in [3.8, 4) is 0 Å². The van der Waals surface area contributed by atoms with Gasteiger partial charge in [-0.2, -0.15) is 0 Å². The fourth-order valence-corrected chi connectivity index (χ4v) is 4.02. The monoisotopic (exact) mass is 384 g/mol. The van der Waals surface area contributed by atoms with Crippen molar-refractivity contribution in [2.24, 2.45) is 5.41 Å². The van der Waals surface area contributed by atoms with E-state index in [1.807, 2.05) is 23.2 Å². The van der Waals surface area contributed by atoms with Gasteiger partial charge in [0.2, 0.25) is 11.9 Å². The van der Waals surface area contributed by atoms with E-state index < -0.39 is 0 Å². The van der Waals surface area contributed by atoms with E-state index in [0.29, 0.717) is 38.7 Å². The van der Waals surface area contributed by atoms with Crippen LogP contribution in [0.25, 0.3) is 0 Å². The van der Waals surface area contributed by atoms with Gasteiger partial charge < -0.3 is 19.4 Å². The molecule has 28 heavy (non-hydrogen) atoms. The van der Waals surface area contributed by atoms with Crippen LogP contribution < -0.4 is 5.32 Å². The number of rotatable bonds is 4. The molecular weight excluding hydrogens is 356 g/mol. The van der Waals surface area contributed by atoms with Gasteiger partial charge >= 0.3 is 0 Å². The molecule has 4 heterocycles. The Labute approximate surface area is 165 Å². The molecule has 0 radical (unpaired) electrons. The first kappa shape index (κ1) is 18.9. The van der Waals surface area contributed by atoms with Crippen LogP contribution in [0.4, 0.5) is 5.95 Å². The van der Waals surface area contributed by atoms with Crippen molar-refractivity contribution in [2.45, 2.75) is 52.2 Å². The van der Waals surface area contributed by atoms with E-state index in [1.165, 1.54) is 0 Å². The van der Waals surface area contributed by atoms with Crippen molar-refractivity contribution >= 4 is 11.9 Å². The summed E-state index contributed by atoms with van der Waals surface area (Å²) in [4.78, 5) is 24.0. The van der Waals surface area contributed by atoms with Crippen LogP contribution in [0.1, 0.15) is 50.6 Å². The molecule has 0 aliphatic carbocycles. The van der Waals surface area contributed by atoms with Gasteiger partial charge in [0, 0.05) is 31.3 Å². The van der Waals surface area contributed by atoms with E-state index in [9.17, 15) is 4.79 Å². The average Bonchev–Trinajstić information content (AvgIpc) is 3.30. The summed E-state index contributed by atoms with van der Waals surface area (Å²) in [5.74, 6) is 1.62. The third-order valence-electron chi connectivity index (χ3n) is 5.39. The third kappa shape index (κ3) is 3.90. The highest BCUT2D eigenvalue weighted by atomic mass is 16.5. The molecule has 1 atom stereocenters. The molecule has 1 fully saturated rings. The summed E-state index contributed by atoms with van der Waals surface area (Å²) in [6, 6.07) is 3.77. The first-order valence-electron chi connectivity index (χ1n) is 9.83. The molecule has 2 aliphatic rings. The van der Waals surface area contributed by atoms with Crippen molar-refractivity contribution in [1.82, 2.24) is 14.9 Å². The van der Waals surface area contributed by atoms with Crippen LogP contribution in [-0.4, -0.2) is 40.5 Å². The van der Waals surface area contributed by atoms with E-state index in [-0.39, 0.29) is 16.7 Å². The maximum Gasteiger partial charge on any atom is 0.223 e. The molecule has 0 bridgehead atoms. The number of nitrogens with one attached hydrogen (secondary N) is 1. The second-order valence-corrected chi connectivity index (χ2v) is 9.08. The van der Waals surface area contributed by atoms with Crippen LogP contribution in [0, 0.1) is 5.41 Å². The minimum Gasteiger partial charge on any atom is -0.467 e. The van der Waals surface area contributed by atoms with Gasteiger partial charge in [-0.05, 0) is 24.0 Å². The second kappa shape index (κ2) is 7.20. The van der Waals surface area contributed by atoms with E-state index in [4.69, 9.17) is 14.1 Å². The lowest BCUT2D eigenvalue weighted by Gasteiger charge is -2.34. The molecule has 150 valence electrons. The lowest BCUT2D eigenvalue weighted by Crippen LogP contribution is -2.42. The minimum absolute atomic E-state index is 0.0150. The normalized spacial score (nSPS) is 21.8. The number of nitrogens with zero attached hydrogens (tertiary/aromatic N) is 3. The van der Waals surface area contributed by atoms with Gasteiger partial charge in [0.1, 0.15) is 5.76 Å². The van der Waals surface area contributed by atoms with Gasteiger partial charge in [-0.15, -0.1) is 0 Å². The van der Waals surface area contributed by atoms with Crippen molar-refractivity contribution in [3.63, 3.8) is 0 Å². The first-order chi connectivity index (χ1) is 13.3. The highest BCUT2D eigenvalue weighted by molar-refractivity contribution is 5.77. The van der Waals surface area contributed by atoms with E-state index in [2.05, 4.69) is 31.1 Å². The van der Waals surface area contributed by atoms with Gasteiger partial charge in [0.15, 0.2) is 0 Å². The van der Waals surface area contributed by atoms with Crippen molar-refractivity contribution in [2.75, 3.05) is 25.0 Å². The Morgan fingerprint density at radius 1 is 1.39 bits per heavy atom. The van der Waals surface area contributed by atoms with Crippen LogP contribution in [0.2, 0.25) is 0 Å². The lowest BCUT2D eigenvalue weighted by molar-refractivity contribution is -0.132. The van der Waals surface area contributed by atoms with Crippen LogP contribution >= 0.6 is 0 Å². The second-order valence-electron chi connectivity index (χ2n) is 9.08. The fraction of sp³-hybridized carbons (Fsp3) is 0.571. The molecular formula is C21H28N4O3. The number of carbonyl (C=O) groups excluding carboxylic acids is 1. The lowest BCUT2D eigenvalue weighted by atomic mass is 9.80. The third-order valence-corrected chi connectivity index (χ3v) is 5.39. The molecule has 7 heteroatoms. The molecule has 1 amide bonds. The maximum atomic E-state index is 12.7.